The predicted molar refractivity (Wildman–Crippen MR) is 125 cm³/mol. The highest BCUT2D eigenvalue weighted by molar-refractivity contribution is 5.95. The normalized spacial score (nSPS) is 11.0. The number of rotatable bonds is 8. The summed E-state index contributed by atoms with van der Waals surface area (Å²) in [7, 11) is 0. The molecule has 2 N–H and O–H groups in total. The molecule has 0 bridgehead atoms. The number of carbonyl (C=O) groups is 1. The topological polar surface area (TPSA) is 74.7 Å². The average molecular weight is 448 g/mol. The molecule has 1 aromatic heterocycles. The molecule has 0 aliphatic carbocycles. The molecule has 0 spiro atoms. The van der Waals surface area contributed by atoms with Crippen LogP contribution in [0, 0.1) is 12.7 Å². The van der Waals surface area contributed by atoms with Crippen LogP contribution < -0.4 is 10.5 Å². The Kier molecular flexibility index (Phi) is 6.75. The fourth-order valence-corrected chi connectivity index (χ4v) is 3.89. The maximum atomic E-state index is 15.1. The first kappa shape index (κ1) is 22.6. The largest absolute Gasteiger partial charge is 0.489 e. The van der Waals surface area contributed by atoms with E-state index < -0.39 is 0 Å². The molecule has 0 aliphatic rings. The summed E-state index contributed by atoms with van der Waals surface area (Å²) in [6.07, 6.45) is 0.128. The third-order valence-corrected chi connectivity index (χ3v) is 5.42. The lowest BCUT2D eigenvalue weighted by Gasteiger charge is -2.13. The summed E-state index contributed by atoms with van der Waals surface area (Å²) in [5.41, 5.74) is 9.56. The smallest absolute Gasteiger partial charge is 0.310 e. The van der Waals surface area contributed by atoms with Gasteiger partial charge in [0.1, 0.15) is 29.5 Å². The lowest BCUT2D eigenvalue weighted by molar-refractivity contribution is -0.142. The van der Waals surface area contributed by atoms with E-state index in [0.717, 1.165) is 27.8 Å². The highest BCUT2D eigenvalue weighted by Gasteiger charge is 2.16. The van der Waals surface area contributed by atoms with Gasteiger partial charge in [-0.15, -0.1) is 0 Å². The van der Waals surface area contributed by atoms with Crippen LogP contribution in [0.15, 0.2) is 65.1 Å². The van der Waals surface area contributed by atoms with Crippen LogP contribution in [-0.2, 0) is 29.1 Å². The zero-order chi connectivity index (χ0) is 23.4. The maximum Gasteiger partial charge on any atom is 0.310 e. The average Bonchev–Trinajstić information content (AvgIpc) is 3.18. The molecule has 4 rings (SSSR count). The van der Waals surface area contributed by atoms with Crippen LogP contribution in [0.4, 0.5) is 4.39 Å². The Bertz CT molecular complexity index is 1290. The van der Waals surface area contributed by atoms with Gasteiger partial charge >= 0.3 is 5.97 Å². The maximum absolute atomic E-state index is 15.1. The Labute approximate surface area is 191 Å². The van der Waals surface area contributed by atoms with Crippen LogP contribution in [0.1, 0.15) is 29.4 Å². The third kappa shape index (κ3) is 4.91. The molecule has 0 aliphatic heterocycles. The van der Waals surface area contributed by atoms with Gasteiger partial charge in [0.15, 0.2) is 0 Å². The van der Waals surface area contributed by atoms with Crippen molar-refractivity contribution in [3.63, 3.8) is 0 Å². The van der Waals surface area contributed by atoms with E-state index in [0.29, 0.717) is 29.1 Å². The zero-order valence-electron chi connectivity index (χ0n) is 18.7. The van der Waals surface area contributed by atoms with Crippen molar-refractivity contribution < 1.29 is 23.1 Å². The van der Waals surface area contributed by atoms with Gasteiger partial charge in [-0.1, -0.05) is 36.4 Å². The Hall–Kier alpha value is -3.64. The lowest BCUT2D eigenvalue weighted by atomic mass is 9.97. The van der Waals surface area contributed by atoms with E-state index in [9.17, 15) is 4.79 Å². The van der Waals surface area contributed by atoms with Gasteiger partial charge in [0.2, 0.25) is 0 Å². The Morgan fingerprint density at radius 2 is 1.82 bits per heavy atom. The van der Waals surface area contributed by atoms with Gasteiger partial charge in [-0.3, -0.25) is 4.79 Å². The number of furan rings is 1. The van der Waals surface area contributed by atoms with Gasteiger partial charge in [-0.25, -0.2) is 4.39 Å². The van der Waals surface area contributed by atoms with Crippen molar-refractivity contribution in [2.75, 3.05) is 6.61 Å². The minimum atomic E-state index is -0.335. The summed E-state index contributed by atoms with van der Waals surface area (Å²) < 4.78 is 32.1. The lowest BCUT2D eigenvalue weighted by Crippen LogP contribution is -2.09. The number of nitrogens with two attached hydrogens (primary N) is 1. The molecule has 0 saturated heterocycles. The second-order valence-electron chi connectivity index (χ2n) is 7.77. The molecule has 33 heavy (non-hydrogen) atoms. The summed E-state index contributed by atoms with van der Waals surface area (Å²) in [5, 5.41) is 0.826. The second kappa shape index (κ2) is 9.88. The molecule has 0 atom stereocenters. The number of ether oxygens (including phenoxy) is 2. The van der Waals surface area contributed by atoms with Crippen LogP contribution >= 0.6 is 0 Å². The van der Waals surface area contributed by atoms with E-state index in [1.807, 2.05) is 49.4 Å². The summed E-state index contributed by atoms with van der Waals surface area (Å²) in [5.74, 6) is 0.690. The van der Waals surface area contributed by atoms with Crippen LogP contribution in [0.25, 0.3) is 22.1 Å². The van der Waals surface area contributed by atoms with Crippen molar-refractivity contribution in [2.45, 2.75) is 33.4 Å². The van der Waals surface area contributed by atoms with E-state index >= 15 is 4.39 Å². The number of halogens is 1. The van der Waals surface area contributed by atoms with E-state index in [-0.39, 0.29) is 31.4 Å². The summed E-state index contributed by atoms with van der Waals surface area (Å²) in [6, 6.07) is 18.3. The number of hydrogen-bond donors (Lipinski definition) is 1. The molecular weight excluding hydrogens is 421 g/mol. The monoisotopic (exact) mass is 447 g/mol. The molecule has 4 aromatic rings. The van der Waals surface area contributed by atoms with Crippen LogP contribution in [0.5, 0.6) is 5.75 Å². The molecule has 0 amide bonds. The van der Waals surface area contributed by atoms with Gasteiger partial charge < -0.3 is 19.6 Å². The Morgan fingerprint density at radius 1 is 1.03 bits per heavy atom. The highest BCUT2D eigenvalue weighted by Crippen LogP contribution is 2.35. The first-order chi connectivity index (χ1) is 16.0. The number of para-hydroxylation sites is 1. The van der Waals surface area contributed by atoms with E-state index in [1.165, 1.54) is 0 Å². The molecule has 1 heterocycles. The number of carbonyl (C=O) groups excluding carboxylic acids is 1. The number of fused-ring (bicyclic) bond motifs is 1. The van der Waals surface area contributed by atoms with Crippen molar-refractivity contribution >= 4 is 16.9 Å². The summed E-state index contributed by atoms with van der Waals surface area (Å²) >= 11 is 0. The number of benzene rings is 3. The fourth-order valence-electron chi connectivity index (χ4n) is 3.89. The Morgan fingerprint density at radius 3 is 2.61 bits per heavy atom. The Balaban J connectivity index is 1.68. The van der Waals surface area contributed by atoms with Gasteiger partial charge in [0.25, 0.3) is 0 Å². The molecule has 0 saturated carbocycles. The molecule has 0 fully saturated rings. The number of aryl methyl sites for hydroxylation is 1. The summed E-state index contributed by atoms with van der Waals surface area (Å²) in [4.78, 5) is 11.9. The van der Waals surface area contributed by atoms with Gasteiger partial charge in [0, 0.05) is 28.6 Å². The molecule has 3 aromatic carbocycles. The minimum absolute atomic E-state index is 0.118. The van der Waals surface area contributed by atoms with Crippen LogP contribution in [0.3, 0.4) is 0 Å². The van der Waals surface area contributed by atoms with Crippen molar-refractivity contribution in [3.05, 3.63) is 88.9 Å². The predicted octanol–water partition coefficient (Wildman–Crippen LogP) is 5.69. The first-order valence-electron chi connectivity index (χ1n) is 10.9. The van der Waals surface area contributed by atoms with Crippen molar-refractivity contribution in [2.24, 2.45) is 5.73 Å². The van der Waals surface area contributed by atoms with Gasteiger partial charge in [0.05, 0.1) is 13.0 Å². The number of hydrogen-bond acceptors (Lipinski definition) is 5. The molecule has 5 nitrogen and oxygen atoms in total. The quantitative estimate of drug-likeness (QED) is 0.351. The second-order valence-corrected chi connectivity index (χ2v) is 7.77. The molecule has 170 valence electrons. The fraction of sp³-hybridized carbons (Fsp3) is 0.222. The van der Waals surface area contributed by atoms with Crippen molar-refractivity contribution in [1.29, 1.82) is 0 Å². The first-order valence-corrected chi connectivity index (χ1v) is 10.9. The van der Waals surface area contributed by atoms with E-state index in [1.54, 1.807) is 25.1 Å². The molecular formula is C27H26FNO4. The highest BCUT2D eigenvalue weighted by atomic mass is 19.1. The minimum Gasteiger partial charge on any atom is -0.489 e. The molecule has 6 heteroatoms. The van der Waals surface area contributed by atoms with Crippen LogP contribution in [-0.4, -0.2) is 12.6 Å². The standard InChI is InChI=1S/C27H26FNO4/c1-3-31-26(30)14-19-7-4-5-10-24(19)32-16-18-12-22(23-11-17(2)33-25(23)13-18)21-9-6-8-20(15-29)27(21)28/h4-13H,3,14-16,29H2,1-2H3. The van der Waals surface area contributed by atoms with E-state index in [2.05, 4.69) is 0 Å². The molecule has 0 radical (unpaired) electrons. The SMILES string of the molecule is CCOC(=O)Cc1ccccc1OCc1cc(-c2cccc(CN)c2F)c2cc(C)oc2c1. The van der Waals surface area contributed by atoms with Crippen molar-refractivity contribution in [3.8, 4) is 16.9 Å². The van der Waals surface area contributed by atoms with Crippen LogP contribution in [0.2, 0.25) is 0 Å². The van der Waals surface area contributed by atoms with Gasteiger partial charge in [-0.05, 0) is 49.2 Å². The number of esters is 1. The van der Waals surface area contributed by atoms with Gasteiger partial charge in [-0.2, -0.15) is 0 Å². The molecule has 0 unspecified atom stereocenters. The van der Waals surface area contributed by atoms with E-state index in [4.69, 9.17) is 19.6 Å². The summed E-state index contributed by atoms with van der Waals surface area (Å²) in [6.45, 7) is 4.30. The third-order valence-electron chi connectivity index (χ3n) is 5.42. The van der Waals surface area contributed by atoms with Crippen molar-refractivity contribution in [1.82, 2.24) is 0 Å². The zero-order valence-corrected chi connectivity index (χ0v) is 18.7.